The third-order valence-corrected chi connectivity index (χ3v) is 8.42. The number of hydrogen-bond donors (Lipinski definition) is 4. The Kier molecular flexibility index (Phi) is 9.43. The van der Waals surface area contributed by atoms with Gasteiger partial charge in [0.15, 0.2) is 5.82 Å². The molecular weight excluding hydrogens is 599 g/mol. The van der Waals surface area contributed by atoms with Gasteiger partial charge in [-0.25, -0.2) is 13.8 Å². The molecule has 0 spiro atoms. The molecule has 2 aliphatic rings. The van der Waals surface area contributed by atoms with E-state index >= 15 is 4.39 Å². The van der Waals surface area contributed by atoms with Crippen molar-refractivity contribution in [1.29, 1.82) is 0 Å². The summed E-state index contributed by atoms with van der Waals surface area (Å²) in [7, 11) is 0. The van der Waals surface area contributed by atoms with E-state index in [2.05, 4.69) is 25.6 Å². The van der Waals surface area contributed by atoms with Crippen LogP contribution in [-0.4, -0.2) is 58.0 Å². The maximum absolute atomic E-state index is 16.5. The molecule has 1 aliphatic heterocycles. The number of ether oxygens (including phenoxy) is 2. The summed E-state index contributed by atoms with van der Waals surface area (Å²) in [5, 5.41) is 17.0. The fraction of sp³-hybridized carbons (Fsp3) is 0.581. The van der Waals surface area contributed by atoms with Crippen LogP contribution in [0.3, 0.4) is 0 Å². The van der Waals surface area contributed by atoms with Crippen molar-refractivity contribution in [2.45, 2.75) is 86.3 Å². The van der Waals surface area contributed by atoms with Gasteiger partial charge in [-0.3, -0.25) is 0 Å². The average molecular weight is 641 g/mol. The number of nitrogen functional groups attached to an aromatic ring is 1. The molecule has 248 valence electrons. The highest BCUT2D eigenvalue weighted by molar-refractivity contribution is 5.96. The van der Waals surface area contributed by atoms with Gasteiger partial charge in [-0.15, -0.1) is 0 Å². The Morgan fingerprint density at radius 1 is 1.02 bits per heavy atom. The summed E-state index contributed by atoms with van der Waals surface area (Å²) in [5.74, 6) is -2.58. The average Bonchev–Trinajstić information content (AvgIpc) is 3.00. The summed E-state index contributed by atoms with van der Waals surface area (Å²) in [6.07, 6.45) is -6.33. The second-order valence-electron chi connectivity index (χ2n) is 12.4. The zero-order valence-electron chi connectivity index (χ0n) is 26.7. The highest BCUT2D eigenvalue weighted by atomic mass is 19.4. The molecule has 1 fully saturated rings. The molecule has 0 radical (unpaired) electrons. The van der Waals surface area contributed by atoms with Gasteiger partial charge in [0.05, 0.1) is 23.5 Å². The SMILES string of the molecule is CC.Cc1c(F)c(N)cc(-c2nc3c4c(nc(OC5C(C)(C)C(O)C5(C)C)nc4c2F)NCCNCCC(C)O3)c1C(F)(F)F. The molecule has 2 aromatic heterocycles. The maximum atomic E-state index is 16.5. The number of benzene rings is 1. The van der Waals surface area contributed by atoms with Gasteiger partial charge < -0.3 is 30.9 Å². The third kappa shape index (κ3) is 6.06. The number of aromatic nitrogens is 3. The second kappa shape index (κ2) is 12.3. The lowest BCUT2D eigenvalue weighted by atomic mass is 9.51. The van der Waals surface area contributed by atoms with Crippen LogP contribution in [0.25, 0.3) is 22.2 Å². The monoisotopic (exact) mass is 640 g/mol. The summed E-state index contributed by atoms with van der Waals surface area (Å²) in [4.78, 5) is 13.0. The molecule has 9 nitrogen and oxygen atoms in total. The number of nitrogens with one attached hydrogen (secondary N) is 2. The van der Waals surface area contributed by atoms with E-state index in [1.165, 1.54) is 0 Å². The van der Waals surface area contributed by atoms with Crippen LogP contribution < -0.4 is 25.8 Å². The van der Waals surface area contributed by atoms with E-state index in [0.717, 1.165) is 6.92 Å². The van der Waals surface area contributed by atoms with Gasteiger partial charge >= 0.3 is 12.2 Å². The first-order valence-corrected chi connectivity index (χ1v) is 15.0. The summed E-state index contributed by atoms with van der Waals surface area (Å²) in [5.41, 5.74) is -0.417. The number of aliphatic hydroxyl groups excluding tert-OH is 1. The minimum Gasteiger partial charge on any atom is -0.474 e. The van der Waals surface area contributed by atoms with Crippen molar-refractivity contribution in [3.05, 3.63) is 28.8 Å². The van der Waals surface area contributed by atoms with Crippen molar-refractivity contribution in [3.63, 3.8) is 0 Å². The van der Waals surface area contributed by atoms with Crippen molar-refractivity contribution in [3.8, 4) is 23.1 Å². The molecular formula is C31H41F5N6O3. The van der Waals surface area contributed by atoms with Crippen LogP contribution in [-0.2, 0) is 6.18 Å². The normalized spacial score (nSPS) is 22.6. The molecule has 1 aromatic carbocycles. The number of hydrogen-bond acceptors (Lipinski definition) is 9. The molecule has 1 atom stereocenters. The summed E-state index contributed by atoms with van der Waals surface area (Å²) in [6, 6.07) is 0.462. The number of nitrogens with zero attached hydrogens (tertiary/aromatic N) is 3. The van der Waals surface area contributed by atoms with Crippen LogP contribution in [0.2, 0.25) is 0 Å². The Morgan fingerprint density at radius 2 is 1.67 bits per heavy atom. The lowest BCUT2D eigenvalue weighted by Gasteiger charge is -2.60. The van der Waals surface area contributed by atoms with E-state index in [9.17, 15) is 22.7 Å². The summed E-state index contributed by atoms with van der Waals surface area (Å²) < 4.78 is 86.2. The van der Waals surface area contributed by atoms with Crippen LogP contribution >= 0.6 is 0 Å². The molecule has 14 heteroatoms. The Hall–Kier alpha value is -3.52. The number of alkyl halides is 3. The van der Waals surface area contributed by atoms with Gasteiger partial charge in [0.1, 0.15) is 34.3 Å². The highest BCUT2D eigenvalue weighted by Gasteiger charge is 2.63. The predicted octanol–water partition coefficient (Wildman–Crippen LogP) is 6.25. The molecule has 1 unspecified atom stereocenters. The lowest BCUT2D eigenvalue weighted by Crippen LogP contribution is -2.69. The molecule has 0 bridgehead atoms. The van der Waals surface area contributed by atoms with Crippen molar-refractivity contribution in [2.24, 2.45) is 10.8 Å². The van der Waals surface area contributed by atoms with E-state index < -0.39 is 80.5 Å². The molecule has 1 saturated carbocycles. The van der Waals surface area contributed by atoms with Crippen molar-refractivity contribution < 1.29 is 36.5 Å². The Labute approximate surface area is 259 Å². The van der Waals surface area contributed by atoms with E-state index in [4.69, 9.17) is 15.2 Å². The maximum Gasteiger partial charge on any atom is 0.417 e. The fourth-order valence-corrected chi connectivity index (χ4v) is 6.40. The summed E-state index contributed by atoms with van der Waals surface area (Å²) >= 11 is 0. The largest absolute Gasteiger partial charge is 0.474 e. The molecule has 0 saturated heterocycles. The zero-order valence-corrected chi connectivity index (χ0v) is 26.7. The van der Waals surface area contributed by atoms with E-state index in [1.54, 1.807) is 6.92 Å². The zero-order chi connectivity index (χ0) is 33.6. The van der Waals surface area contributed by atoms with E-state index in [-0.39, 0.29) is 23.1 Å². The fourth-order valence-electron chi connectivity index (χ4n) is 6.40. The number of rotatable bonds is 3. The van der Waals surface area contributed by atoms with Gasteiger partial charge in [-0.1, -0.05) is 41.5 Å². The quantitative estimate of drug-likeness (QED) is 0.194. The number of anilines is 2. The smallest absolute Gasteiger partial charge is 0.417 e. The first-order valence-electron chi connectivity index (χ1n) is 15.0. The molecule has 5 rings (SSSR count). The molecule has 3 aromatic rings. The van der Waals surface area contributed by atoms with Gasteiger partial charge in [0.2, 0.25) is 5.88 Å². The molecule has 0 amide bonds. The summed E-state index contributed by atoms with van der Waals surface area (Å²) in [6.45, 7) is 15.4. The third-order valence-electron chi connectivity index (χ3n) is 8.42. The van der Waals surface area contributed by atoms with Crippen molar-refractivity contribution >= 4 is 22.4 Å². The standard InChI is InChI=1S/C29H35F5N6O3.C2H6/c1-12-7-8-36-9-10-37-22-16-21(39-26(40-22)43-25-27(3,4)24(41)28(25,5)6)19(31)20(38-23(16)42-12)14-11-15(35)18(30)13(2)17(14)29(32,33)34;1-2/h11-12,24-25,36,41H,7-10,35H2,1-6H3,(H,37,39,40);1-2H3. The molecule has 1 aliphatic carbocycles. The predicted molar refractivity (Wildman–Crippen MR) is 162 cm³/mol. The van der Waals surface area contributed by atoms with Gasteiger partial charge in [-0.2, -0.15) is 23.1 Å². The van der Waals surface area contributed by atoms with Gasteiger partial charge in [0, 0.05) is 29.5 Å². The second-order valence-corrected chi connectivity index (χ2v) is 12.4. The Bertz CT molecular complexity index is 1560. The van der Waals surface area contributed by atoms with Gasteiger partial charge in [-0.05, 0) is 38.4 Å². The Morgan fingerprint density at radius 3 is 2.29 bits per heavy atom. The number of halogens is 5. The van der Waals surface area contributed by atoms with Crippen LogP contribution in [0.5, 0.6) is 11.9 Å². The van der Waals surface area contributed by atoms with Crippen molar-refractivity contribution in [2.75, 3.05) is 30.7 Å². The van der Waals surface area contributed by atoms with Crippen LogP contribution in [0.1, 0.15) is 66.0 Å². The van der Waals surface area contributed by atoms with E-state index in [1.807, 2.05) is 41.5 Å². The molecule has 5 N–H and O–H groups in total. The van der Waals surface area contributed by atoms with Crippen molar-refractivity contribution in [1.82, 2.24) is 20.3 Å². The lowest BCUT2D eigenvalue weighted by molar-refractivity contribution is -0.238. The topological polar surface area (TPSA) is 127 Å². The van der Waals surface area contributed by atoms with Gasteiger partial charge in [0.25, 0.3) is 0 Å². The first kappa shape index (κ1) is 34.4. The minimum atomic E-state index is -5.06. The van der Waals surface area contributed by atoms with Crippen LogP contribution in [0.15, 0.2) is 6.07 Å². The number of nitrogens with two attached hydrogens (primary N) is 1. The van der Waals surface area contributed by atoms with Crippen LogP contribution in [0, 0.1) is 29.4 Å². The number of aliphatic hydroxyl groups is 1. The first-order chi connectivity index (χ1) is 21.0. The molecule has 45 heavy (non-hydrogen) atoms. The van der Waals surface area contributed by atoms with Crippen LogP contribution in [0.4, 0.5) is 33.5 Å². The molecule has 3 heterocycles. The van der Waals surface area contributed by atoms with E-state index in [0.29, 0.717) is 32.1 Å². The Balaban J connectivity index is 0.00000226. The number of pyridine rings is 1. The minimum absolute atomic E-state index is 0.00915. The highest BCUT2D eigenvalue weighted by Crippen LogP contribution is 2.55.